The van der Waals surface area contributed by atoms with Crippen molar-refractivity contribution in [3.63, 3.8) is 0 Å². The summed E-state index contributed by atoms with van der Waals surface area (Å²) in [6, 6.07) is 6.14. The molecule has 0 unspecified atom stereocenters. The van der Waals surface area contributed by atoms with Crippen LogP contribution in [0.1, 0.15) is 24.5 Å². The zero-order valence-corrected chi connectivity index (χ0v) is 12.9. The van der Waals surface area contributed by atoms with Crippen LogP contribution in [0.25, 0.3) is 11.0 Å². The van der Waals surface area contributed by atoms with E-state index < -0.39 is 0 Å². The van der Waals surface area contributed by atoms with Crippen LogP contribution in [0, 0.1) is 0 Å². The van der Waals surface area contributed by atoms with Gasteiger partial charge in [-0.25, -0.2) is 0 Å². The molecule has 1 saturated heterocycles. The number of hydrogen-bond donors (Lipinski definition) is 0. The van der Waals surface area contributed by atoms with Gasteiger partial charge in [0, 0.05) is 11.3 Å². The quantitative estimate of drug-likeness (QED) is 0.835. The molecule has 4 heteroatoms. The Hall–Kier alpha value is -1.00. The molecule has 0 bridgehead atoms. The number of likely N-dealkylation sites (tertiary alicyclic amines) is 1. The van der Waals surface area contributed by atoms with Gasteiger partial charge in [0.2, 0.25) is 0 Å². The van der Waals surface area contributed by atoms with Crippen molar-refractivity contribution in [3.05, 3.63) is 28.4 Å². The van der Waals surface area contributed by atoms with E-state index in [0.717, 1.165) is 40.0 Å². The number of piperidine rings is 1. The highest BCUT2D eigenvalue weighted by atomic mass is 79.9. The van der Waals surface area contributed by atoms with Crippen LogP contribution in [0.3, 0.4) is 0 Å². The fourth-order valence-corrected chi connectivity index (χ4v) is 3.25. The highest BCUT2D eigenvalue weighted by Crippen LogP contribution is 2.36. The second-order valence-electron chi connectivity index (χ2n) is 5.25. The van der Waals surface area contributed by atoms with Gasteiger partial charge in [0.15, 0.2) is 0 Å². The Balaban J connectivity index is 1.95. The second kappa shape index (κ2) is 5.17. The van der Waals surface area contributed by atoms with Crippen LogP contribution >= 0.6 is 15.9 Å². The van der Waals surface area contributed by atoms with Crippen molar-refractivity contribution in [3.8, 4) is 5.75 Å². The molecule has 0 N–H and O–H groups in total. The van der Waals surface area contributed by atoms with Crippen LogP contribution < -0.4 is 4.74 Å². The predicted octanol–water partition coefficient (Wildman–Crippen LogP) is 4.01. The molecule has 1 aromatic carbocycles. The number of rotatable bonds is 2. The normalized spacial score (nSPS) is 18.1. The van der Waals surface area contributed by atoms with Crippen molar-refractivity contribution in [2.45, 2.75) is 18.8 Å². The Morgan fingerprint density at radius 2 is 2.00 bits per heavy atom. The lowest BCUT2D eigenvalue weighted by atomic mass is 9.94. The third-order valence-electron chi connectivity index (χ3n) is 3.92. The van der Waals surface area contributed by atoms with Crippen molar-refractivity contribution in [2.75, 3.05) is 27.2 Å². The zero-order valence-electron chi connectivity index (χ0n) is 11.3. The number of furan rings is 1. The Kier molecular flexibility index (Phi) is 3.54. The Morgan fingerprint density at radius 3 is 2.68 bits per heavy atom. The van der Waals surface area contributed by atoms with Gasteiger partial charge < -0.3 is 14.1 Å². The van der Waals surface area contributed by atoms with Crippen molar-refractivity contribution in [2.24, 2.45) is 0 Å². The molecule has 0 amide bonds. The van der Waals surface area contributed by atoms with E-state index in [1.54, 1.807) is 7.11 Å². The third kappa shape index (κ3) is 2.51. The van der Waals surface area contributed by atoms with E-state index in [1.165, 1.54) is 12.8 Å². The van der Waals surface area contributed by atoms with E-state index in [0.29, 0.717) is 5.92 Å². The van der Waals surface area contributed by atoms with Crippen LogP contribution in [-0.2, 0) is 0 Å². The molecule has 19 heavy (non-hydrogen) atoms. The van der Waals surface area contributed by atoms with Gasteiger partial charge in [0.1, 0.15) is 17.1 Å². The van der Waals surface area contributed by atoms with Gasteiger partial charge in [-0.1, -0.05) is 0 Å². The molecule has 0 aliphatic carbocycles. The monoisotopic (exact) mass is 323 g/mol. The van der Waals surface area contributed by atoms with Crippen LogP contribution in [-0.4, -0.2) is 32.1 Å². The molecule has 3 nitrogen and oxygen atoms in total. The van der Waals surface area contributed by atoms with Gasteiger partial charge in [-0.05, 0) is 67.1 Å². The molecular weight excluding hydrogens is 306 g/mol. The summed E-state index contributed by atoms with van der Waals surface area (Å²) >= 11 is 3.55. The fourth-order valence-electron chi connectivity index (χ4n) is 2.72. The summed E-state index contributed by atoms with van der Waals surface area (Å²) in [6.45, 7) is 2.29. The minimum atomic E-state index is 0.543. The highest BCUT2D eigenvalue weighted by Gasteiger charge is 2.22. The molecule has 3 rings (SSSR count). The molecule has 0 spiro atoms. The molecule has 0 saturated carbocycles. The van der Waals surface area contributed by atoms with Gasteiger partial charge in [-0.15, -0.1) is 0 Å². The highest BCUT2D eigenvalue weighted by molar-refractivity contribution is 9.10. The second-order valence-corrected chi connectivity index (χ2v) is 6.11. The summed E-state index contributed by atoms with van der Waals surface area (Å²) in [4.78, 5) is 2.37. The first-order chi connectivity index (χ1) is 9.17. The summed E-state index contributed by atoms with van der Waals surface area (Å²) in [6.07, 6.45) is 2.34. The van der Waals surface area contributed by atoms with Gasteiger partial charge in [-0.2, -0.15) is 0 Å². The molecule has 1 aliphatic rings. The molecule has 1 aliphatic heterocycles. The van der Waals surface area contributed by atoms with Gasteiger partial charge in [0.25, 0.3) is 0 Å². The van der Waals surface area contributed by atoms with Crippen LogP contribution in [0.4, 0.5) is 0 Å². The van der Waals surface area contributed by atoms with Gasteiger partial charge in [0.05, 0.1) is 11.6 Å². The van der Waals surface area contributed by atoms with Gasteiger partial charge >= 0.3 is 0 Å². The first-order valence-corrected chi connectivity index (χ1v) is 7.42. The summed E-state index contributed by atoms with van der Waals surface area (Å²) in [5.74, 6) is 2.51. The molecule has 1 fully saturated rings. The maximum atomic E-state index is 6.05. The Labute approximate surface area is 121 Å². The molecule has 2 aromatic rings. The molecule has 0 radical (unpaired) electrons. The van der Waals surface area contributed by atoms with Gasteiger partial charge in [-0.3, -0.25) is 0 Å². The largest absolute Gasteiger partial charge is 0.497 e. The number of fused-ring (bicyclic) bond motifs is 1. The average Bonchev–Trinajstić information content (AvgIpc) is 2.84. The predicted molar refractivity (Wildman–Crippen MR) is 79.9 cm³/mol. The molecular formula is C15H18BrNO2. The maximum Gasteiger partial charge on any atom is 0.148 e. The summed E-state index contributed by atoms with van der Waals surface area (Å²) < 4.78 is 12.3. The van der Waals surface area contributed by atoms with Crippen molar-refractivity contribution < 1.29 is 9.15 Å². The minimum absolute atomic E-state index is 0.543. The molecule has 0 atom stereocenters. The molecule has 1 aromatic heterocycles. The Bertz CT molecular complexity index is 585. The van der Waals surface area contributed by atoms with E-state index in [-0.39, 0.29) is 0 Å². The van der Waals surface area contributed by atoms with Crippen LogP contribution in [0.2, 0.25) is 0 Å². The smallest absolute Gasteiger partial charge is 0.148 e. The standard InChI is InChI=1S/C15H18BrNO2/c1-17-5-3-10(4-6-17)14-8-11-7-12(18-2)9-13(16)15(11)19-14/h7-10H,3-6H2,1-2H3. The number of methoxy groups -OCH3 is 1. The van der Waals surface area contributed by atoms with E-state index >= 15 is 0 Å². The first-order valence-electron chi connectivity index (χ1n) is 6.63. The van der Waals surface area contributed by atoms with Crippen LogP contribution in [0.5, 0.6) is 5.75 Å². The first kappa shape index (κ1) is 13.0. The number of benzene rings is 1. The maximum absolute atomic E-state index is 6.05. The summed E-state index contributed by atoms with van der Waals surface area (Å²) in [5.41, 5.74) is 0.926. The average molecular weight is 324 g/mol. The van der Waals surface area contributed by atoms with Crippen LogP contribution in [0.15, 0.2) is 27.1 Å². The lowest BCUT2D eigenvalue weighted by Gasteiger charge is -2.27. The van der Waals surface area contributed by atoms with E-state index in [1.807, 2.05) is 12.1 Å². The lowest BCUT2D eigenvalue weighted by Crippen LogP contribution is -2.29. The number of nitrogens with zero attached hydrogens (tertiary/aromatic N) is 1. The van der Waals surface area contributed by atoms with E-state index in [9.17, 15) is 0 Å². The van der Waals surface area contributed by atoms with Crippen molar-refractivity contribution in [1.29, 1.82) is 0 Å². The lowest BCUT2D eigenvalue weighted by molar-refractivity contribution is 0.242. The number of hydrogen-bond acceptors (Lipinski definition) is 3. The molecule has 102 valence electrons. The minimum Gasteiger partial charge on any atom is -0.497 e. The summed E-state index contributed by atoms with van der Waals surface area (Å²) in [5, 5.41) is 1.11. The topological polar surface area (TPSA) is 25.6 Å². The van der Waals surface area contributed by atoms with Crippen molar-refractivity contribution >= 4 is 26.9 Å². The molecule has 2 heterocycles. The summed E-state index contributed by atoms with van der Waals surface area (Å²) in [7, 11) is 3.86. The van der Waals surface area contributed by atoms with Crippen molar-refractivity contribution in [1.82, 2.24) is 4.90 Å². The number of ether oxygens (including phenoxy) is 1. The van der Waals surface area contributed by atoms with E-state index in [2.05, 4.69) is 33.9 Å². The SMILES string of the molecule is COc1cc(Br)c2oc(C3CCN(C)CC3)cc2c1. The third-order valence-corrected chi connectivity index (χ3v) is 4.51. The zero-order chi connectivity index (χ0) is 13.4. The van der Waals surface area contributed by atoms with E-state index in [4.69, 9.17) is 9.15 Å². The fraction of sp³-hybridized carbons (Fsp3) is 0.467. The Morgan fingerprint density at radius 1 is 1.26 bits per heavy atom. The number of halogens is 1.